The Labute approximate surface area is 278 Å². The lowest BCUT2D eigenvalue weighted by Gasteiger charge is -2.36. The highest BCUT2D eigenvalue weighted by Crippen LogP contribution is 2.51. The van der Waals surface area contributed by atoms with Crippen LogP contribution in [0, 0.1) is 6.92 Å². The van der Waals surface area contributed by atoms with E-state index in [9.17, 15) is 18.0 Å². The number of likely N-dealkylation sites (tertiary alicyclic amines) is 1. The summed E-state index contributed by atoms with van der Waals surface area (Å²) < 4.78 is 33.2. The summed E-state index contributed by atoms with van der Waals surface area (Å²) >= 11 is 12.4. The number of hydrogen-bond donors (Lipinski definition) is 2. The van der Waals surface area contributed by atoms with Crippen LogP contribution in [0.3, 0.4) is 0 Å². The van der Waals surface area contributed by atoms with Crippen molar-refractivity contribution >= 4 is 55.8 Å². The Balaban J connectivity index is 1.46. The minimum absolute atomic E-state index is 0.0180. The number of H-pyrrole nitrogens is 1. The average Bonchev–Trinajstić information content (AvgIpc) is 3.59. The SMILES string of the molecule is Cc1ccc(S(=O)(=O)C2(C(=O)NCCCN3CCOCC3)CC(=O)N(Cc3ccc(Cl)cc3)C2c2c[nH]c3cc(Cl)ccc23)cc1. The summed E-state index contributed by atoms with van der Waals surface area (Å²) in [7, 11) is -4.45. The van der Waals surface area contributed by atoms with Gasteiger partial charge in [0.2, 0.25) is 11.8 Å². The Hall–Kier alpha value is -3.41. The van der Waals surface area contributed by atoms with Crippen molar-refractivity contribution in [3.63, 3.8) is 0 Å². The van der Waals surface area contributed by atoms with Gasteiger partial charge in [-0.25, -0.2) is 8.42 Å². The van der Waals surface area contributed by atoms with E-state index >= 15 is 0 Å². The molecule has 4 aromatic rings. The van der Waals surface area contributed by atoms with Crippen LogP contribution in [-0.2, 0) is 30.7 Å². The minimum atomic E-state index is -4.45. The number of carbonyl (C=O) groups is 2. The quantitative estimate of drug-likeness (QED) is 0.220. The first-order chi connectivity index (χ1) is 22.1. The highest BCUT2D eigenvalue weighted by Gasteiger charge is 2.65. The Morgan fingerprint density at radius 1 is 1.02 bits per heavy atom. The van der Waals surface area contributed by atoms with Crippen molar-refractivity contribution in [1.82, 2.24) is 20.1 Å². The van der Waals surface area contributed by atoms with Crippen molar-refractivity contribution in [2.45, 2.75) is 42.0 Å². The lowest BCUT2D eigenvalue weighted by molar-refractivity contribution is -0.129. The second-order valence-electron chi connectivity index (χ2n) is 11.9. The molecule has 242 valence electrons. The standard InChI is InChI=1S/C34H36Cl2N4O5S/c1-23-3-10-27(11-4-23)46(43,44)34(33(42)37-13-2-14-39-15-17-45-18-16-39)20-31(41)40(22-24-5-7-25(35)8-6-24)32(34)29-21-38-30-19-26(36)9-12-28(29)30/h3-12,19,21,32,38H,2,13-18,20,22H2,1H3,(H,37,42). The molecule has 1 aromatic heterocycles. The molecular weight excluding hydrogens is 647 g/mol. The van der Waals surface area contributed by atoms with E-state index in [1.54, 1.807) is 60.8 Å². The number of halogens is 2. The number of carbonyl (C=O) groups excluding carboxylic acids is 2. The zero-order chi connectivity index (χ0) is 32.5. The van der Waals surface area contributed by atoms with Crippen molar-refractivity contribution < 1.29 is 22.7 Å². The van der Waals surface area contributed by atoms with Gasteiger partial charge in [0.05, 0.1) is 30.6 Å². The van der Waals surface area contributed by atoms with Crippen molar-refractivity contribution in [3.05, 3.63) is 99.7 Å². The molecule has 2 amide bonds. The fraction of sp³-hybridized carbons (Fsp3) is 0.353. The number of nitrogens with one attached hydrogen (secondary N) is 2. The van der Waals surface area contributed by atoms with E-state index in [0.717, 1.165) is 30.8 Å². The van der Waals surface area contributed by atoms with Gasteiger partial charge < -0.3 is 19.9 Å². The zero-order valence-electron chi connectivity index (χ0n) is 25.5. The highest BCUT2D eigenvalue weighted by molar-refractivity contribution is 7.93. The van der Waals surface area contributed by atoms with Gasteiger partial charge in [0.1, 0.15) is 0 Å². The van der Waals surface area contributed by atoms with Crippen LogP contribution >= 0.6 is 23.2 Å². The molecule has 2 aliphatic rings. The van der Waals surface area contributed by atoms with Crippen molar-refractivity contribution in [2.24, 2.45) is 0 Å². The van der Waals surface area contributed by atoms with Crippen molar-refractivity contribution in [2.75, 3.05) is 39.4 Å². The maximum absolute atomic E-state index is 15.0. The van der Waals surface area contributed by atoms with Gasteiger partial charge in [-0.1, -0.05) is 59.1 Å². The number of fused-ring (bicyclic) bond motifs is 1. The number of rotatable bonds is 10. The number of amides is 2. The Kier molecular flexibility index (Phi) is 9.45. The molecule has 9 nitrogen and oxygen atoms in total. The first kappa shape index (κ1) is 32.5. The number of aromatic nitrogens is 1. The number of aryl methyl sites for hydroxylation is 1. The molecule has 2 atom stereocenters. The molecule has 2 aliphatic heterocycles. The second kappa shape index (κ2) is 13.4. The van der Waals surface area contributed by atoms with Crippen LogP contribution in [0.1, 0.15) is 35.6 Å². The molecule has 2 unspecified atom stereocenters. The summed E-state index contributed by atoms with van der Waals surface area (Å²) in [5.41, 5.74) is 2.81. The van der Waals surface area contributed by atoms with Crippen molar-refractivity contribution in [1.29, 1.82) is 0 Å². The van der Waals surface area contributed by atoms with E-state index < -0.39 is 38.9 Å². The number of benzene rings is 3. The number of nitrogens with zero attached hydrogens (tertiary/aromatic N) is 2. The Morgan fingerprint density at radius 3 is 2.43 bits per heavy atom. The number of sulfone groups is 1. The molecule has 2 N–H and O–H groups in total. The molecule has 3 heterocycles. The lowest BCUT2D eigenvalue weighted by Crippen LogP contribution is -2.56. The summed E-state index contributed by atoms with van der Waals surface area (Å²) in [6, 6.07) is 17.5. The topological polar surface area (TPSA) is 112 Å². The summed E-state index contributed by atoms with van der Waals surface area (Å²) in [4.78, 5) is 35.7. The number of hydrogen-bond acceptors (Lipinski definition) is 6. The zero-order valence-corrected chi connectivity index (χ0v) is 27.8. The maximum Gasteiger partial charge on any atom is 0.244 e. The van der Waals surface area contributed by atoms with E-state index in [-0.39, 0.29) is 18.0 Å². The average molecular weight is 684 g/mol. The fourth-order valence-corrected chi connectivity index (χ4v) is 8.92. The molecule has 0 spiro atoms. The monoisotopic (exact) mass is 682 g/mol. The van der Waals surface area contributed by atoms with Gasteiger partial charge in [0.15, 0.2) is 14.6 Å². The molecule has 0 bridgehead atoms. The van der Waals surface area contributed by atoms with E-state index in [4.69, 9.17) is 27.9 Å². The van der Waals surface area contributed by atoms with Crippen LogP contribution in [0.4, 0.5) is 0 Å². The largest absolute Gasteiger partial charge is 0.379 e. The van der Waals surface area contributed by atoms with E-state index in [2.05, 4.69) is 15.2 Å². The third-order valence-electron chi connectivity index (χ3n) is 8.96. The normalized spacial score (nSPS) is 20.8. The highest BCUT2D eigenvalue weighted by atomic mass is 35.5. The third kappa shape index (κ3) is 6.16. The predicted molar refractivity (Wildman–Crippen MR) is 179 cm³/mol. The molecule has 2 saturated heterocycles. The van der Waals surface area contributed by atoms with Gasteiger partial charge in [-0.15, -0.1) is 0 Å². The summed E-state index contributed by atoms with van der Waals surface area (Å²) in [6.07, 6.45) is 1.78. The van der Waals surface area contributed by atoms with Crippen LogP contribution in [-0.4, -0.2) is 79.2 Å². The van der Waals surface area contributed by atoms with Crippen molar-refractivity contribution in [3.8, 4) is 0 Å². The number of ether oxygens (including phenoxy) is 1. The number of morpholine rings is 1. The van der Waals surface area contributed by atoms with Gasteiger partial charge in [-0.3, -0.25) is 14.5 Å². The molecule has 0 saturated carbocycles. The summed E-state index contributed by atoms with van der Waals surface area (Å²) in [5.74, 6) is -1.14. The Morgan fingerprint density at radius 2 is 1.72 bits per heavy atom. The molecule has 6 rings (SSSR count). The molecule has 0 aliphatic carbocycles. The van der Waals surface area contributed by atoms with E-state index in [1.165, 1.54) is 17.0 Å². The van der Waals surface area contributed by atoms with Crippen LogP contribution in [0.5, 0.6) is 0 Å². The maximum atomic E-state index is 15.0. The molecule has 12 heteroatoms. The number of aromatic amines is 1. The third-order valence-corrected chi connectivity index (χ3v) is 11.9. The van der Waals surface area contributed by atoms with Crippen LogP contribution in [0.25, 0.3) is 10.9 Å². The second-order valence-corrected chi connectivity index (χ2v) is 15.0. The van der Waals surface area contributed by atoms with Gasteiger partial charge >= 0.3 is 0 Å². The van der Waals surface area contributed by atoms with Gasteiger partial charge in [-0.2, -0.15) is 0 Å². The van der Waals surface area contributed by atoms with Gasteiger partial charge in [-0.05, 0) is 61.9 Å². The molecule has 2 fully saturated rings. The first-order valence-corrected chi connectivity index (χ1v) is 17.5. The molecule has 3 aromatic carbocycles. The molecule has 46 heavy (non-hydrogen) atoms. The van der Waals surface area contributed by atoms with Crippen LogP contribution in [0.15, 0.2) is 77.8 Å². The van der Waals surface area contributed by atoms with Crippen LogP contribution < -0.4 is 5.32 Å². The smallest absolute Gasteiger partial charge is 0.244 e. The molecule has 0 radical (unpaired) electrons. The lowest BCUT2D eigenvalue weighted by atomic mass is 9.91. The first-order valence-electron chi connectivity index (χ1n) is 15.3. The summed E-state index contributed by atoms with van der Waals surface area (Å²) in [5, 5.41) is 4.66. The fourth-order valence-electron chi connectivity index (χ4n) is 6.53. The van der Waals surface area contributed by atoms with Crippen LogP contribution in [0.2, 0.25) is 10.0 Å². The predicted octanol–water partition coefficient (Wildman–Crippen LogP) is 5.31. The van der Waals surface area contributed by atoms with Gasteiger partial charge in [0.25, 0.3) is 0 Å². The van der Waals surface area contributed by atoms with Gasteiger partial charge in [0, 0.05) is 58.9 Å². The van der Waals surface area contributed by atoms with E-state index in [0.29, 0.717) is 46.1 Å². The summed E-state index contributed by atoms with van der Waals surface area (Å²) in [6.45, 7) is 5.86. The Bertz CT molecular complexity index is 1840. The molecular formula is C34H36Cl2N4O5S. The minimum Gasteiger partial charge on any atom is -0.379 e. The van der Waals surface area contributed by atoms with E-state index in [1.807, 2.05) is 6.92 Å².